The smallest absolute Gasteiger partial charge is 0.179 e. The predicted octanol–water partition coefficient (Wildman–Crippen LogP) is 1.52. The maximum Gasteiger partial charge on any atom is 0.179 e. The van der Waals surface area contributed by atoms with E-state index < -0.39 is 0 Å². The SMILES string of the molecule is CN([C]=S)N1COc2ccccc21. The molecule has 1 aromatic rings. The molecule has 0 N–H and O–H groups in total. The Morgan fingerprint density at radius 1 is 1.54 bits per heavy atom. The molecule has 0 fully saturated rings. The molecule has 0 amide bonds. The highest BCUT2D eigenvalue weighted by Gasteiger charge is 2.21. The molecule has 2 rings (SSSR count). The Morgan fingerprint density at radius 2 is 2.31 bits per heavy atom. The number of thiocarbonyl (C=S) groups is 1. The summed E-state index contributed by atoms with van der Waals surface area (Å²) in [6.45, 7) is 0.499. The second-order valence-electron chi connectivity index (χ2n) is 2.76. The first-order valence-corrected chi connectivity index (χ1v) is 4.34. The number of rotatable bonds is 2. The highest BCUT2D eigenvalue weighted by atomic mass is 32.1. The third-order valence-corrected chi connectivity index (χ3v) is 2.24. The van der Waals surface area contributed by atoms with Crippen molar-refractivity contribution >= 4 is 23.4 Å². The van der Waals surface area contributed by atoms with Crippen molar-refractivity contribution in [3.05, 3.63) is 24.3 Å². The molecule has 0 saturated heterocycles. The first kappa shape index (κ1) is 8.31. The van der Waals surface area contributed by atoms with Crippen LogP contribution in [0.15, 0.2) is 24.3 Å². The van der Waals surface area contributed by atoms with E-state index in [-0.39, 0.29) is 0 Å². The van der Waals surface area contributed by atoms with E-state index in [1.165, 1.54) is 0 Å². The van der Waals surface area contributed by atoms with Crippen LogP contribution in [0.2, 0.25) is 0 Å². The molecule has 4 heteroatoms. The molecule has 0 aromatic heterocycles. The molecule has 3 nitrogen and oxygen atoms in total. The molecule has 1 radical (unpaired) electrons. The summed E-state index contributed by atoms with van der Waals surface area (Å²) in [4.78, 5) is 0. The van der Waals surface area contributed by atoms with E-state index >= 15 is 0 Å². The summed E-state index contributed by atoms with van der Waals surface area (Å²) in [6.07, 6.45) is 0. The fourth-order valence-electron chi connectivity index (χ4n) is 1.29. The predicted molar refractivity (Wildman–Crippen MR) is 54.8 cm³/mol. The second kappa shape index (κ2) is 3.22. The van der Waals surface area contributed by atoms with Crippen LogP contribution in [-0.2, 0) is 0 Å². The molecule has 0 bridgehead atoms. The van der Waals surface area contributed by atoms with Gasteiger partial charge in [0, 0.05) is 7.05 Å². The number of hydrazine groups is 1. The molecule has 67 valence electrons. The number of hydrogen-bond acceptors (Lipinski definition) is 3. The van der Waals surface area contributed by atoms with Gasteiger partial charge in [-0.05, 0) is 12.1 Å². The lowest BCUT2D eigenvalue weighted by Crippen LogP contribution is -2.37. The van der Waals surface area contributed by atoms with Crippen LogP contribution >= 0.6 is 12.2 Å². The molecule has 0 atom stereocenters. The normalized spacial score (nSPS) is 13.5. The lowest BCUT2D eigenvalue weighted by molar-refractivity contribution is 0.301. The van der Waals surface area contributed by atoms with Gasteiger partial charge in [0.2, 0.25) is 0 Å². The van der Waals surface area contributed by atoms with Gasteiger partial charge in [-0.1, -0.05) is 24.4 Å². The van der Waals surface area contributed by atoms with Gasteiger partial charge in [0.1, 0.15) is 11.4 Å². The highest BCUT2D eigenvalue weighted by Crippen LogP contribution is 2.33. The minimum Gasteiger partial charge on any atom is -0.469 e. The fourth-order valence-corrected chi connectivity index (χ4v) is 1.39. The molecule has 0 unspecified atom stereocenters. The first-order chi connectivity index (χ1) is 6.33. The van der Waals surface area contributed by atoms with Crippen molar-refractivity contribution in [2.45, 2.75) is 0 Å². The zero-order chi connectivity index (χ0) is 9.26. The standard InChI is InChI=1S/C9H9N2OS/c1-10(7-13)11-6-12-9-5-3-2-4-8(9)11/h2-5H,6H2,1H3. The third-order valence-electron chi connectivity index (χ3n) is 1.98. The van der Waals surface area contributed by atoms with Gasteiger partial charge in [0.25, 0.3) is 0 Å². The number of fused-ring (bicyclic) bond motifs is 1. The van der Waals surface area contributed by atoms with Crippen molar-refractivity contribution in [1.29, 1.82) is 0 Å². The van der Waals surface area contributed by atoms with Gasteiger partial charge in [-0.15, -0.1) is 0 Å². The van der Waals surface area contributed by atoms with Crippen LogP contribution in [0, 0.1) is 0 Å². The lowest BCUT2D eigenvalue weighted by Gasteiger charge is -2.24. The zero-order valence-corrected chi connectivity index (χ0v) is 8.04. The van der Waals surface area contributed by atoms with Crippen LogP contribution in [-0.4, -0.2) is 24.3 Å². The van der Waals surface area contributed by atoms with E-state index in [1.807, 2.05) is 36.3 Å². The van der Waals surface area contributed by atoms with Gasteiger partial charge in [-0.3, -0.25) is 5.01 Å². The maximum atomic E-state index is 5.43. The topological polar surface area (TPSA) is 15.7 Å². The minimum absolute atomic E-state index is 0.499. The maximum absolute atomic E-state index is 5.43. The van der Waals surface area contributed by atoms with Crippen LogP contribution < -0.4 is 9.75 Å². The van der Waals surface area contributed by atoms with Crippen LogP contribution in [0.5, 0.6) is 5.75 Å². The molecular weight excluding hydrogens is 184 g/mol. The molecule has 1 heterocycles. The van der Waals surface area contributed by atoms with Crippen LogP contribution in [0.1, 0.15) is 0 Å². The molecule has 0 spiro atoms. The summed E-state index contributed by atoms with van der Waals surface area (Å²) in [5.41, 5.74) is 3.64. The number of nitrogens with zero attached hydrogens (tertiary/aromatic N) is 2. The van der Waals surface area contributed by atoms with Gasteiger partial charge in [0.15, 0.2) is 12.2 Å². The number of benzene rings is 1. The first-order valence-electron chi connectivity index (χ1n) is 3.93. The van der Waals surface area contributed by atoms with Crippen LogP contribution in [0.3, 0.4) is 0 Å². The molecular formula is C9H9N2OS. The minimum atomic E-state index is 0.499. The average Bonchev–Trinajstić information content (AvgIpc) is 2.60. The Hall–Kier alpha value is -1.29. The summed E-state index contributed by atoms with van der Waals surface area (Å²) < 4.78 is 5.43. The molecule has 13 heavy (non-hydrogen) atoms. The summed E-state index contributed by atoms with van der Waals surface area (Å²) in [7, 11) is 1.85. The van der Waals surface area contributed by atoms with Gasteiger partial charge < -0.3 is 4.74 Å². The van der Waals surface area contributed by atoms with Crippen molar-refractivity contribution < 1.29 is 4.74 Å². The lowest BCUT2D eigenvalue weighted by atomic mass is 10.3. The van der Waals surface area contributed by atoms with Crippen molar-refractivity contribution in [1.82, 2.24) is 5.01 Å². The Balaban J connectivity index is 2.33. The van der Waals surface area contributed by atoms with E-state index in [0.717, 1.165) is 11.4 Å². The van der Waals surface area contributed by atoms with E-state index in [4.69, 9.17) is 17.0 Å². The molecule has 0 saturated carbocycles. The number of hydrogen-bond donors (Lipinski definition) is 0. The molecule has 1 aliphatic heterocycles. The van der Waals surface area contributed by atoms with Crippen molar-refractivity contribution in [3.63, 3.8) is 0 Å². The molecule has 1 aromatic carbocycles. The number of anilines is 1. The summed E-state index contributed by atoms with van der Waals surface area (Å²) in [5, 5.41) is 3.63. The van der Waals surface area contributed by atoms with E-state index in [2.05, 4.69) is 5.49 Å². The molecule has 0 aliphatic carbocycles. The van der Waals surface area contributed by atoms with E-state index in [1.54, 1.807) is 5.01 Å². The highest BCUT2D eigenvalue weighted by molar-refractivity contribution is 7.78. The van der Waals surface area contributed by atoms with Gasteiger partial charge in [-0.2, -0.15) is 0 Å². The van der Waals surface area contributed by atoms with Crippen molar-refractivity contribution in [2.75, 3.05) is 18.8 Å². The second-order valence-corrected chi connectivity index (χ2v) is 2.94. The van der Waals surface area contributed by atoms with Gasteiger partial charge in [-0.25, -0.2) is 5.01 Å². The summed E-state index contributed by atoms with van der Waals surface area (Å²) in [5.74, 6) is 0.889. The van der Waals surface area contributed by atoms with Crippen LogP contribution in [0.25, 0.3) is 0 Å². The van der Waals surface area contributed by atoms with E-state index in [9.17, 15) is 0 Å². The third kappa shape index (κ3) is 1.33. The number of para-hydroxylation sites is 2. The zero-order valence-electron chi connectivity index (χ0n) is 7.23. The summed E-state index contributed by atoms with van der Waals surface area (Å²) >= 11 is 4.72. The largest absolute Gasteiger partial charge is 0.469 e. The average molecular weight is 193 g/mol. The summed E-state index contributed by atoms with van der Waals surface area (Å²) in [6, 6.07) is 7.85. The van der Waals surface area contributed by atoms with Gasteiger partial charge in [0.05, 0.1) is 0 Å². The Morgan fingerprint density at radius 3 is 3.08 bits per heavy atom. The Bertz CT molecular complexity index is 329. The van der Waals surface area contributed by atoms with Crippen molar-refractivity contribution in [3.8, 4) is 5.75 Å². The quantitative estimate of drug-likeness (QED) is 0.522. The van der Waals surface area contributed by atoms with Crippen molar-refractivity contribution in [2.24, 2.45) is 0 Å². The molecule has 1 aliphatic rings. The van der Waals surface area contributed by atoms with E-state index in [0.29, 0.717) is 6.73 Å². The Kier molecular flexibility index (Phi) is 2.06. The van der Waals surface area contributed by atoms with Gasteiger partial charge >= 0.3 is 0 Å². The monoisotopic (exact) mass is 193 g/mol. The van der Waals surface area contributed by atoms with Crippen LogP contribution in [0.4, 0.5) is 5.69 Å². The number of ether oxygens (including phenoxy) is 1. The Labute approximate surface area is 82.5 Å². The fraction of sp³-hybridized carbons (Fsp3) is 0.222.